The van der Waals surface area contributed by atoms with Crippen molar-refractivity contribution in [1.82, 2.24) is 4.90 Å². The molecule has 0 fully saturated rings. The first-order valence-electron chi connectivity index (χ1n) is 7.85. The van der Waals surface area contributed by atoms with Gasteiger partial charge in [-0.15, -0.1) is 12.4 Å². The van der Waals surface area contributed by atoms with Crippen molar-refractivity contribution in [2.45, 2.75) is 18.4 Å². The van der Waals surface area contributed by atoms with Crippen LogP contribution in [0.1, 0.15) is 35.1 Å². The molecule has 0 radical (unpaired) electrons. The molecule has 2 aromatic carbocycles. The molecule has 0 aliphatic heterocycles. The van der Waals surface area contributed by atoms with Gasteiger partial charge >= 0.3 is 0 Å². The number of aliphatic hydroxyl groups is 1. The number of benzene rings is 2. The van der Waals surface area contributed by atoms with Crippen LogP contribution in [0.5, 0.6) is 0 Å². The molecule has 1 aliphatic rings. The highest BCUT2D eigenvalue weighted by Crippen LogP contribution is 2.40. The fourth-order valence-corrected chi connectivity index (χ4v) is 3.28. The zero-order chi connectivity index (χ0) is 15.6. The van der Waals surface area contributed by atoms with Gasteiger partial charge in [-0.25, -0.2) is 0 Å². The summed E-state index contributed by atoms with van der Waals surface area (Å²) in [6, 6.07) is 16.3. The molecular formula is C20H24ClNO. The lowest BCUT2D eigenvalue weighted by molar-refractivity contribution is 0.0663. The second-order valence-corrected chi connectivity index (χ2v) is 6.27. The van der Waals surface area contributed by atoms with Gasteiger partial charge in [-0.3, -0.25) is 0 Å². The van der Waals surface area contributed by atoms with Crippen molar-refractivity contribution < 1.29 is 5.11 Å². The average Bonchev–Trinajstić information content (AvgIpc) is 2.64. The molecule has 0 saturated heterocycles. The summed E-state index contributed by atoms with van der Waals surface area (Å²) in [4.78, 5) is 2.16. The molecule has 0 heterocycles. The molecule has 122 valence electrons. The zero-order valence-electron chi connectivity index (χ0n) is 13.7. The van der Waals surface area contributed by atoms with Crippen LogP contribution in [0.25, 0.3) is 12.2 Å². The number of rotatable bonds is 4. The van der Waals surface area contributed by atoms with Crippen molar-refractivity contribution in [3.05, 3.63) is 70.8 Å². The first-order valence-corrected chi connectivity index (χ1v) is 7.85. The van der Waals surface area contributed by atoms with E-state index in [2.05, 4.69) is 55.4 Å². The summed E-state index contributed by atoms with van der Waals surface area (Å²) in [5.74, 6) is 0. The number of fused-ring (bicyclic) bond motifs is 2. The van der Waals surface area contributed by atoms with Gasteiger partial charge in [0.15, 0.2) is 0 Å². The van der Waals surface area contributed by atoms with Crippen LogP contribution in [0.4, 0.5) is 0 Å². The van der Waals surface area contributed by atoms with Crippen LogP contribution in [0.3, 0.4) is 0 Å². The molecule has 0 spiro atoms. The Labute approximate surface area is 144 Å². The van der Waals surface area contributed by atoms with Crippen molar-refractivity contribution in [1.29, 1.82) is 0 Å². The number of halogens is 1. The highest BCUT2D eigenvalue weighted by atomic mass is 35.5. The molecule has 1 aliphatic carbocycles. The van der Waals surface area contributed by atoms with Crippen molar-refractivity contribution in [2.75, 3.05) is 20.6 Å². The molecular weight excluding hydrogens is 306 g/mol. The molecule has 1 N–H and O–H groups in total. The topological polar surface area (TPSA) is 23.5 Å². The first-order chi connectivity index (χ1) is 10.6. The Hall–Kier alpha value is -1.61. The normalized spacial score (nSPS) is 14.6. The molecule has 0 amide bonds. The molecule has 23 heavy (non-hydrogen) atoms. The Morgan fingerprint density at radius 1 is 0.870 bits per heavy atom. The summed E-state index contributed by atoms with van der Waals surface area (Å²) >= 11 is 0. The highest BCUT2D eigenvalue weighted by molar-refractivity contribution is 5.85. The van der Waals surface area contributed by atoms with Gasteiger partial charge in [0, 0.05) is 0 Å². The van der Waals surface area contributed by atoms with Crippen LogP contribution in [-0.2, 0) is 5.60 Å². The van der Waals surface area contributed by atoms with Gasteiger partial charge in [0.1, 0.15) is 5.60 Å². The summed E-state index contributed by atoms with van der Waals surface area (Å²) in [5, 5.41) is 11.6. The number of hydrogen-bond acceptors (Lipinski definition) is 2. The second kappa shape index (κ2) is 7.31. The van der Waals surface area contributed by atoms with Crippen LogP contribution in [-0.4, -0.2) is 30.6 Å². The highest BCUT2D eigenvalue weighted by Gasteiger charge is 2.35. The Morgan fingerprint density at radius 3 is 1.83 bits per heavy atom. The van der Waals surface area contributed by atoms with E-state index in [-0.39, 0.29) is 12.4 Å². The summed E-state index contributed by atoms with van der Waals surface area (Å²) in [7, 11) is 4.14. The van der Waals surface area contributed by atoms with Crippen molar-refractivity contribution >= 4 is 24.6 Å². The average molecular weight is 330 g/mol. The maximum Gasteiger partial charge on any atom is 0.116 e. The van der Waals surface area contributed by atoms with Gasteiger partial charge in [0.25, 0.3) is 0 Å². The quantitative estimate of drug-likeness (QED) is 0.910. The molecule has 0 unspecified atom stereocenters. The fourth-order valence-electron chi connectivity index (χ4n) is 3.28. The molecule has 0 bridgehead atoms. The predicted octanol–water partition coefficient (Wildman–Crippen LogP) is 4.17. The van der Waals surface area contributed by atoms with E-state index in [4.69, 9.17) is 0 Å². The Morgan fingerprint density at radius 2 is 1.35 bits per heavy atom. The van der Waals surface area contributed by atoms with E-state index in [1.54, 1.807) is 0 Å². The maximum absolute atomic E-state index is 11.6. The van der Waals surface area contributed by atoms with Crippen molar-refractivity contribution in [3.8, 4) is 0 Å². The first kappa shape index (κ1) is 17.7. The lowest BCUT2D eigenvalue weighted by Crippen LogP contribution is -2.30. The Balaban J connectivity index is 0.00000192. The van der Waals surface area contributed by atoms with E-state index in [0.717, 1.165) is 41.6 Å². The van der Waals surface area contributed by atoms with Gasteiger partial charge < -0.3 is 10.0 Å². The molecule has 2 nitrogen and oxygen atoms in total. The van der Waals surface area contributed by atoms with Gasteiger partial charge in [-0.05, 0) is 55.7 Å². The standard InChI is InChI=1S/C20H23NO.ClH/c1-21(2)15-7-14-20(22)18-10-5-3-8-16(18)12-13-17-9-4-6-11-19(17)20;/h3-6,8-13,22H,7,14-15H2,1-2H3;1H. The van der Waals surface area contributed by atoms with Crippen molar-refractivity contribution in [2.24, 2.45) is 0 Å². The minimum Gasteiger partial charge on any atom is -0.380 e. The minimum atomic E-state index is -0.924. The van der Waals surface area contributed by atoms with E-state index in [0.29, 0.717) is 0 Å². The zero-order valence-corrected chi connectivity index (χ0v) is 14.5. The van der Waals surface area contributed by atoms with Gasteiger partial charge in [0.2, 0.25) is 0 Å². The van der Waals surface area contributed by atoms with E-state index >= 15 is 0 Å². The third kappa shape index (κ3) is 3.50. The lowest BCUT2D eigenvalue weighted by Gasteiger charge is -2.31. The van der Waals surface area contributed by atoms with E-state index in [1.165, 1.54) is 0 Å². The number of hydrogen-bond donors (Lipinski definition) is 1. The summed E-state index contributed by atoms with van der Waals surface area (Å²) in [6.07, 6.45) is 5.89. The van der Waals surface area contributed by atoms with E-state index in [9.17, 15) is 5.11 Å². The largest absolute Gasteiger partial charge is 0.380 e. The summed E-state index contributed by atoms with van der Waals surface area (Å²) in [6.45, 7) is 0.972. The number of nitrogens with zero attached hydrogens (tertiary/aromatic N) is 1. The summed E-state index contributed by atoms with van der Waals surface area (Å²) < 4.78 is 0. The van der Waals surface area contributed by atoms with Gasteiger partial charge in [-0.1, -0.05) is 60.7 Å². The fraction of sp³-hybridized carbons (Fsp3) is 0.300. The molecule has 3 heteroatoms. The molecule has 0 aromatic heterocycles. The molecule has 3 rings (SSSR count). The Kier molecular flexibility index (Phi) is 5.64. The van der Waals surface area contributed by atoms with Crippen LogP contribution < -0.4 is 0 Å². The van der Waals surface area contributed by atoms with Gasteiger partial charge in [-0.2, -0.15) is 0 Å². The van der Waals surface area contributed by atoms with Crippen molar-refractivity contribution in [3.63, 3.8) is 0 Å². The molecule has 0 saturated carbocycles. The lowest BCUT2D eigenvalue weighted by atomic mass is 9.80. The van der Waals surface area contributed by atoms with Crippen LogP contribution in [0.15, 0.2) is 48.5 Å². The predicted molar refractivity (Wildman–Crippen MR) is 99.8 cm³/mol. The second-order valence-electron chi connectivity index (χ2n) is 6.27. The third-order valence-electron chi connectivity index (χ3n) is 4.40. The summed E-state index contributed by atoms with van der Waals surface area (Å²) in [5.41, 5.74) is 3.30. The Bertz CT molecular complexity index is 644. The van der Waals surface area contributed by atoms with Crippen LogP contribution >= 0.6 is 12.4 Å². The molecule has 0 atom stereocenters. The SMILES string of the molecule is CN(C)CCCC1(O)c2ccccc2C=Cc2ccccc21.Cl. The van der Waals surface area contributed by atoms with Crippen LogP contribution in [0.2, 0.25) is 0 Å². The van der Waals surface area contributed by atoms with Gasteiger partial charge in [0.05, 0.1) is 0 Å². The van der Waals surface area contributed by atoms with E-state index in [1.807, 2.05) is 24.3 Å². The molecule has 2 aromatic rings. The monoisotopic (exact) mass is 329 g/mol. The third-order valence-corrected chi connectivity index (χ3v) is 4.40. The minimum absolute atomic E-state index is 0. The maximum atomic E-state index is 11.6. The van der Waals surface area contributed by atoms with Crippen LogP contribution in [0, 0.1) is 0 Å². The smallest absolute Gasteiger partial charge is 0.116 e. The van der Waals surface area contributed by atoms with E-state index < -0.39 is 5.60 Å².